The number of nitrogens with zero attached hydrogens (tertiary/aromatic N) is 1. The second-order valence-electron chi connectivity index (χ2n) is 11.9. The average Bonchev–Trinajstić information content (AvgIpc) is 2.86. The van der Waals surface area contributed by atoms with Crippen LogP contribution in [0.4, 0.5) is 0 Å². The molecule has 212 valence electrons. The molecule has 39 heavy (non-hydrogen) atoms. The van der Waals surface area contributed by atoms with Crippen LogP contribution in [0, 0.1) is 32.1 Å². The molecule has 2 aromatic carbocycles. The lowest BCUT2D eigenvalue weighted by Crippen LogP contribution is -2.51. The largest absolute Gasteiger partial charge is 0.487 e. The number of ether oxygens (including phenoxy) is 1. The summed E-state index contributed by atoms with van der Waals surface area (Å²) in [5, 5.41) is 7.78. The summed E-state index contributed by atoms with van der Waals surface area (Å²) >= 11 is 0. The van der Waals surface area contributed by atoms with Gasteiger partial charge in [0.15, 0.2) is 0 Å². The number of benzene rings is 2. The van der Waals surface area contributed by atoms with Crippen LogP contribution in [0.3, 0.4) is 0 Å². The zero-order chi connectivity index (χ0) is 28.7. The number of nitrogen functional groups attached to an aromatic ring is 1. The molecule has 0 spiro atoms. The molecule has 2 heterocycles. The van der Waals surface area contributed by atoms with E-state index in [1.54, 1.807) is 30.0 Å². The van der Waals surface area contributed by atoms with Crippen molar-refractivity contribution in [2.75, 3.05) is 13.1 Å². The average molecular weight is 555 g/mol. The van der Waals surface area contributed by atoms with Gasteiger partial charge < -0.3 is 15.4 Å². The van der Waals surface area contributed by atoms with E-state index in [1.165, 1.54) is 0 Å². The third-order valence-electron chi connectivity index (χ3n) is 8.30. The molecule has 2 aromatic rings. The Bertz CT molecular complexity index is 1390. The Hall–Kier alpha value is -2.91. The van der Waals surface area contributed by atoms with Gasteiger partial charge >= 0.3 is 0 Å². The monoisotopic (exact) mass is 554 g/mol. The van der Waals surface area contributed by atoms with E-state index >= 15 is 0 Å². The van der Waals surface area contributed by atoms with E-state index in [0.29, 0.717) is 35.7 Å². The van der Waals surface area contributed by atoms with Gasteiger partial charge in [0, 0.05) is 18.7 Å². The molecule has 0 aliphatic carbocycles. The summed E-state index contributed by atoms with van der Waals surface area (Å²) in [6.45, 7) is 13.0. The summed E-state index contributed by atoms with van der Waals surface area (Å²) in [4.78, 5) is 15.8. The highest BCUT2D eigenvalue weighted by atomic mass is 32.2. The first-order valence-corrected chi connectivity index (χ1v) is 15.2. The minimum absolute atomic E-state index is 0.0773. The molecule has 4 N–H and O–H groups in total. The molecular weight excluding hydrogens is 512 g/mol. The highest BCUT2D eigenvalue weighted by Gasteiger charge is 2.36. The van der Waals surface area contributed by atoms with Crippen molar-refractivity contribution in [3.05, 3.63) is 57.6 Å². The van der Waals surface area contributed by atoms with Crippen LogP contribution in [0.25, 0.3) is 0 Å². The molecule has 4 rings (SSSR count). The minimum Gasteiger partial charge on any atom is -0.487 e. The number of amidine groups is 1. The zero-order valence-electron chi connectivity index (χ0n) is 24.0. The number of hydrogen-bond donors (Lipinski definition) is 3. The molecule has 0 aromatic heterocycles. The second-order valence-corrected chi connectivity index (χ2v) is 13.5. The second kappa shape index (κ2) is 10.9. The summed E-state index contributed by atoms with van der Waals surface area (Å²) in [6.07, 6.45) is 3.46. The quantitative estimate of drug-likeness (QED) is 0.350. The lowest BCUT2D eigenvalue weighted by Gasteiger charge is -2.36. The third-order valence-corrected chi connectivity index (χ3v) is 10.0. The van der Waals surface area contributed by atoms with Crippen molar-refractivity contribution in [3.8, 4) is 5.75 Å². The number of carbonyl (C=O) groups is 1. The number of rotatable bonds is 7. The molecule has 0 unspecified atom stereocenters. The van der Waals surface area contributed by atoms with Crippen molar-refractivity contribution in [3.63, 3.8) is 0 Å². The van der Waals surface area contributed by atoms with Gasteiger partial charge in [-0.25, -0.2) is 8.42 Å². The van der Waals surface area contributed by atoms with Gasteiger partial charge in [-0.1, -0.05) is 25.1 Å². The van der Waals surface area contributed by atoms with Crippen molar-refractivity contribution in [2.24, 2.45) is 11.7 Å². The van der Waals surface area contributed by atoms with E-state index in [4.69, 9.17) is 15.9 Å². The molecule has 9 heteroatoms. The number of nitrogens with two attached hydrogens (primary N) is 1. The number of hydrogen-bond acceptors (Lipinski definition) is 5. The lowest BCUT2D eigenvalue weighted by atomic mass is 9.88. The maximum atomic E-state index is 14.1. The number of carbonyl (C=O) groups excluding carboxylic acids is 1. The Balaban J connectivity index is 1.72. The molecule has 2 aliphatic rings. The first-order valence-electron chi connectivity index (χ1n) is 13.8. The fourth-order valence-electron chi connectivity index (χ4n) is 5.73. The lowest BCUT2D eigenvalue weighted by molar-refractivity contribution is -0.134. The number of likely N-dealkylation sites (tertiary alicyclic amines) is 1. The normalized spacial score (nSPS) is 18.3. The van der Waals surface area contributed by atoms with Crippen LogP contribution >= 0.6 is 0 Å². The van der Waals surface area contributed by atoms with Crippen molar-refractivity contribution in [2.45, 2.75) is 90.2 Å². The highest BCUT2D eigenvalue weighted by molar-refractivity contribution is 7.89. The van der Waals surface area contributed by atoms with Gasteiger partial charge in [0.1, 0.15) is 23.2 Å². The fourth-order valence-corrected chi connectivity index (χ4v) is 7.49. The van der Waals surface area contributed by atoms with Crippen LogP contribution < -0.4 is 15.2 Å². The van der Waals surface area contributed by atoms with Crippen LogP contribution in [0.1, 0.15) is 73.4 Å². The Morgan fingerprint density at radius 3 is 2.49 bits per heavy atom. The van der Waals surface area contributed by atoms with E-state index in [9.17, 15) is 13.2 Å². The summed E-state index contributed by atoms with van der Waals surface area (Å²) in [7, 11) is -4.07. The van der Waals surface area contributed by atoms with Gasteiger partial charge in [0.2, 0.25) is 15.9 Å². The van der Waals surface area contributed by atoms with E-state index < -0.39 is 16.1 Å². The molecule has 1 atom stereocenters. The summed E-state index contributed by atoms with van der Waals surface area (Å²) < 4.78 is 37.3. The molecule has 0 bridgehead atoms. The van der Waals surface area contributed by atoms with E-state index in [0.717, 1.165) is 48.1 Å². The van der Waals surface area contributed by atoms with Gasteiger partial charge in [-0.3, -0.25) is 10.2 Å². The molecule has 8 nitrogen and oxygen atoms in total. The van der Waals surface area contributed by atoms with Gasteiger partial charge in [0.25, 0.3) is 0 Å². The number of fused-ring (bicyclic) bond motifs is 1. The van der Waals surface area contributed by atoms with Crippen LogP contribution in [0.2, 0.25) is 0 Å². The van der Waals surface area contributed by atoms with Crippen LogP contribution in [-0.4, -0.2) is 49.8 Å². The predicted octanol–water partition coefficient (Wildman–Crippen LogP) is 4.15. The van der Waals surface area contributed by atoms with Crippen molar-refractivity contribution in [1.29, 1.82) is 5.41 Å². The maximum absolute atomic E-state index is 14.1. The molecule has 0 saturated carbocycles. The third kappa shape index (κ3) is 6.14. The standard InChI is InChI=1S/C30H42N4O4S/c1-18-11-14-34(15-12-18)29(35)25(17-22-8-7-9-23(16-22)28(31)32)33-39(36,37)27-20(3)19(2)26-24(21(27)4)10-13-30(5,6)38-26/h7-9,16,18,25,33H,10-15,17H2,1-6H3,(H3,31,32)/t25-/m0/s1. The van der Waals surface area contributed by atoms with E-state index in [1.807, 2.05) is 33.8 Å². The minimum atomic E-state index is -4.07. The SMILES string of the molecule is Cc1c(C)c(S(=O)(=O)N[C@@H](Cc2cccc(C(=N)N)c2)C(=O)N2CCC(C)CC2)c(C)c2c1OC(C)(C)CC2. The summed E-state index contributed by atoms with van der Waals surface area (Å²) in [6, 6.07) is 6.08. The highest BCUT2D eigenvalue weighted by Crippen LogP contribution is 2.42. The van der Waals surface area contributed by atoms with E-state index in [2.05, 4.69) is 11.6 Å². The first-order chi connectivity index (χ1) is 18.2. The fraction of sp³-hybridized carbons (Fsp3) is 0.533. The Kier molecular flexibility index (Phi) is 8.15. The summed E-state index contributed by atoms with van der Waals surface area (Å²) in [5.74, 6) is 1.00. The number of nitrogens with one attached hydrogen (secondary N) is 2. The molecular formula is C30H42N4O4S. The Morgan fingerprint density at radius 1 is 1.18 bits per heavy atom. The topological polar surface area (TPSA) is 126 Å². The smallest absolute Gasteiger partial charge is 0.241 e. The molecule has 0 radical (unpaired) electrons. The predicted molar refractivity (Wildman–Crippen MR) is 154 cm³/mol. The zero-order valence-corrected chi connectivity index (χ0v) is 24.8. The first kappa shape index (κ1) is 29.1. The van der Waals surface area contributed by atoms with Gasteiger partial charge in [-0.05, 0) is 107 Å². The van der Waals surface area contributed by atoms with Crippen molar-refractivity contribution >= 4 is 21.8 Å². The van der Waals surface area contributed by atoms with Crippen molar-refractivity contribution < 1.29 is 17.9 Å². The van der Waals surface area contributed by atoms with E-state index in [-0.39, 0.29) is 28.7 Å². The Labute approximate surface area is 232 Å². The maximum Gasteiger partial charge on any atom is 0.241 e. The molecule has 1 amide bonds. The van der Waals surface area contributed by atoms with Crippen LogP contribution in [0.5, 0.6) is 5.75 Å². The number of sulfonamides is 1. The molecule has 2 aliphatic heterocycles. The van der Waals surface area contributed by atoms with Gasteiger partial charge in [0.05, 0.1) is 4.90 Å². The van der Waals surface area contributed by atoms with Crippen molar-refractivity contribution in [1.82, 2.24) is 9.62 Å². The Morgan fingerprint density at radius 2 is 1.85 bits per heavy atom. The van der Waals surface area contributed by atoms with Crippen LogP contribution in [-0.2, 0) is 27.7 Å². The molecule has 1 saturated heterocycles. The summed E-state index contributed by atoms with van der Waals surface area (Å²) in [5.41, 5.74) is 9.68. The number of piperidine rings is 1. The molecule has 1 fully saturated rings. The number of amides is 1. The van der Waals surface area contributed by atoms with Gasteiger partial charge in [-0.15, -0.1) is 0 Å². The van der Waals surface area contributed by atoms with Gasteiger partial charge in [-0.2, -0.15) is 4.72 Å². The van der Waals surface area contributed by atoms with Crippen LogP contribution in [0.15, 0.2) is 29.2 Å².